The fourth-order valence-electron chi connectivity index (χ4n) is 5.53. The standard InChI is InChI=1S/C27H28ClN7O2/c1-2-21-24-19(18-6-3-4-7-20(18)28)14-34(26(24)31-16-30-21)15-23(36)33-12-9-17(10-13-33)35-22-8-5-11-29-25(22)32-27(35)37/h3-8,14,16-17,29H,2,9-13,15H2,1H3,(H,32,37). The molecule has 190 valence electrons. The lowest BCUT2D eigenvalue weighted by Crippen LogP contribution is -2.42. The van der Waals surface area contributed by atoms with Crippen LogP contribution in [0, 0.1) is 0 Å². The number of likely N-dealkylation sites (tertiary alicyclic amines) is 1. The number of benzene rings is 1. The Hall–Kier alpha value is -3.85. The number of imidazole rings is 1. The molecule has 2 aliphatic heterocycles. The number of aromatic nitrogens is 5. The second-order valence-electron chi connectivity index (χ2n) is 9.48. The Bertz CT molecular complexity index is 1570. The number of anilines is 1. The Labute approximate surface area is 218 Å². The number of nitrogens with one attached hydrogen (secondary N) is 2. The van der Waals surface area contributed by atoms with Gasteiger partial charge in [0.2, 0.25) is 5.91 Å². The van der Waals surface area contributed by atoms with Gasteiger partial charge in [0, 0.05) is 53.4 Å². The average molecular weight is 518 g/mol. The molecule has 4 aromatic rings. The number of carbonyl (C=O) groups excluding carboxylic acids is 1. The number of nitrogens with zero attached hydrogens (tertiary/aromatic N) is 5. The number of H-pyrrole nitrogens is 1. The lowest BCUT2D eigenvalue weighted by atomic mass is 10.0. The van der Waals surface area contributed by atoms with Crippen molar-refractivity contribution in [3.05, 3.63) is 69.8 Å². The molecule has 1 saturated heterocycles. The summed E-state index contributed by atoms with van der Waals surface area (Å²) in [6, 6.07) is 7.75. The minimum atomic E-state index is -0.105. The van der Waals surface area contributed by atoms with Crippen molar-refractivity contribution in [3.63, 3.8) is 0 Å². The highest BCUT2D eigenvalue weighted by molar-refractivity contribution is 6.33. The number of hydrogen-bond donors (Lipinski definition) is 2. The van der Waals surface area contributed by atoms with Crippen molar-refractivity contribution in [1.29, 1.82) is 0 Å². The van der Waals surface area contributed by atoms with Gasteiger partial charge >= 0.3 is 5.69 Å². The summed E-state index contributed by atoms with van der Waals surface area (Å²) in [5.41, 5.74) is 4.27. The molecule has 0 bridgehead atoms. The van der Waals surface area contributed by atoms with E-state index in [1.165, 1.54) is 0 Å². The van der Waals surface area contributed by atoms with E-state index in [1.807, 2.05) is 56.6 Å². The fraction of sp³-hybridized carbons (Fsp3) is 0.333. The highest BCUT2D eigenvalue weighted by atomic mass is 35.5. The van der Waals surface area contributed by atoms with Gasteiger partial charge in [-0.15, -0.1) is 0 Å². The Morgan fingerprint density at radius 1 is 1.16 bits per heavy atom. The third kappa shape index (κ3) is 4.13. The van der Waals surface area contributed by atoms with Crippen LogP contribution in [0.15, 0.2) is 47.7 Å². The Morgan fingerprint density at radius 2 is 1.97 bits per heavy atom. The SMILES string of the molecule is CCc1ncnc2c1c(-c1ccccc1Cl)cn2CC(=O)N1CCC(n2c3c([nH]c2=O)NCC=C3)CC1. The van der Waals surface area contributed by atoms with Gasteiger partial charge in [-0.1, -0.05) is 42.8 Å². The minimum absolute atomic E-state index is 0.0303. The first-order valence-corrected chi connectivity index (χ1v) is 13.0. The van der Waals surface area contributed by atoms with Crippen LogP contribution in [0.1, 0.15) is 37.2 Å². The third-order valence-corrected chi connectivity index (χ3v) is 7.69. The molecule has 2 aliphatic rings. The molecule has 10 heteroatoms. The van der Waals surface area contributed by atoms with E-state index in [4.69, 9.17) is 11.6 Å². The van der Waals surface area contributed by atoms with Gasteiger partial charge in [-0.25, -0.2) is 14.8 Å². The summed E-state index contributed by atoms with van der Waals surface area (Å²) in [5.74, 6) is 0.802. The summed E-state index contributed by atoms with van der Waals surface area (Å²) in [6.45, 7) is 4.13. The van der Waals surface area contributed by atoms with E-state index >= 15 is 0 Å². The molecule has 37 heavy (non-hydrogen) atoms. The number of rotatable bonds is 5. The van der Waals surface area contributed by atoms with Gasteiger partial charge in [-0.05, 0) is 31.4 Å². The summed E-state index contributed by atoms with van der Waals surface area (Å²) in [4.78, 5) is 39.9. The van der Waals surface area contributed by atoms with Crippen LogP contribution < -0.4 is 11.0 Å². The van der Waals surface area contributed by atoms with E-state index < -0.39 is 0 Å². The molecule has 5 heterocycles. The monoisotopic (exact) mass is 517 g/mol. The molecule has 1 amide bonds. The van der Waals surface area contributed by atoms with Gasteiger partial charge in [0.15, 0.2) is 0 Å². The highest BCUT2D eigenvalue weighted by Gasteiger charge is 2.28. The van der Waals surface area contributed by atoms with Crippen LogP contribution in [0.5, 0.6) is 0 Å². The number of carbonyl (C=O) groups is 1. The van der Waals surface area contributed by atoms with E-state index in [-0.39, 0.29) is 24.2 Å². The van der Waals surface area contributed by atoms with E-state index in [2.05, 4.69) is 27.2 Å². The quantitative estimate of drug-likeness (QED) is 0.415. The first-order chi connectivity index (χ1) is 18.0. The molecule has 0 saturated carbocycles. The van der Waals surface area contributed by atoms with Crippen molar-refractivity contribution in [2.45, 2.75) is 38.8 Å². The summed E-state index contributed by atoms with van der Waals surface area (Å²) in [5, 5.41) is 4.79. The zero-order valence-corrected chi connectivity index (χ0v) is 21.3. The van der Waals surface area contributed by atoms with Crippen molar-refractivity contribution in [3.8, 4) is 11.1 Å². The molecule has 6 rings (SSSR count). The Balaban J connectivity index is 1.24. The van der Waals surface area contributed by atoms with Crippen LogP contribution in [0.2, 0.25) is 5.02 Å². The van der Waals surface area contributed by atoms with E-state index in [9.17, 15) is 9.59 Å². The van der Waals surface area contributed by atoms with Crippen molar-refractivity contribution in [2.24, 2.45) is 0 Å². The van der Waals surface area contributed by atoms with Gasteiger partial charge < -0.3 is 14.8 Å². The largest absolute Gasteiger partial charge is 0.366 e. The van der Waals surface area contributed by atoms with Crippen molar-refractivity contribution >= 4 is 40.4 Å². The first kappa shape index (κ1) is 23.5. The lowest BCUT2D eigenvalue weighted by Gasteiger charge is -2.33. The van der Waals surface area contributed by atoms with Gasteiger partial charge in [-0.2, -0.15) is 0 Å². The molecular formula is C27H28ClN7O2. The first-order valence-electron chi connectivity index (χ1n) is 12.7. The molecule has 1 aromatic carbocycles. The maximum Gasteiger partial charge on any atom is 0.327 e. The average Bonchev–Trinajstić information content (AvgIpc) is 3.46. The predicted molar refractivity (Wildman–Crippen MR) is 145 cm³/mol. The van der Waals surface area contributed by atoms with Crippen LogP contribution in [0.3, 0.4) is 0 Å². The maximum atomic E-state index is 13.4. The topological polar surface area (TPSA) is 101 Å². The van der Waals surface area contributed by atoms with Crippen molar-refractivity contribution in [2.75, 3.05) is 25.0 Å². The number of amides is 1. The van der Waals surface area contributed by atoms with Crippen LogP contribution in [-0.4, -0.2) is 54.5 Å². The molecule has 2 N–H and O–H groups in total. The number of fused-ring (bicyclic) bond motifs is 2. The molecular weight excluding hydrogens is 490 g/mol. The Morgan fingerprint density at radius 3 is 2.76 bits per heavy atom. The molecule has 0 spiro atoms. The van der Waals surface area contributed by atoms with Crippen molar-refractivity contribution in [1.82, 2.24) is 29.0 Å². The van der Waals surface area contributed by atoms with E-state index in [0.29, 0.717) is 24.7 Å². The Kier molecular flexibility index (Phi) is 6.08. The lowest BCUT2D eigenvalue weighted by molar-refractivity contribution is -0.133. The van der Waals surface area contributed by atoms with Crippen molar-refractivity contribution < 1.29 is 4.79 Å². The number of aryl methyl sites for hydroxylation is 1. The third-order valence-electron chi connectivity index (χ3n) is 7.36. The number of hydrogen-bond acceptors (Lipinski definition) is 5. The van der Waals surface area contributed by atoms with Gasteiger partial charge in [-0.3, -0.25) is 14.3 Å². The molecule has 0 unspecified atom stereocenters. The molecule has 1 fully saturated rings. The van der Waals surface area contributed by atoms with Crippen LogP contribution in [0.25, 0.3) is 28.2 Å². The second-order valence-corrected chi connectivity index (χ2v) is 9.89. The molecule has 0 radical (unpaired) electrons. The number of piperidine rings is 1. The van der Waals surface area contributed by atoms with Gasteiger partial charge in [0.1, 0.15) is 24.3 Å². The zero-order chi connectivity index (χ0) is 25.5. The van der Waals surface area contributed by atoms with Crippen LogP contribution >= 0.6 is 11.6 Å². The summed E-state index contributed by atoms with van der Waals surface area (Å²) >= 11 is 6.54. The van der Waals surface area contributed by atoms with E-state index in [0.717, 1.165) is 58.6 Å². The molecule has 0 aliphatic carbocycles. The van der Waals surface area contributed by atoms with E-state index in [1.54, 1.807) is 6.33 Å². The molecule has 0 atom stereocenters. The van der Waals surface area contributed by atoms with Gasteiger partial charge in [0.25, 0.3) is 0 Å². The zero-order valence-electron chi connectivity index (χ0n) is 20.6. The number of halogens is 1. The number of aromatic amines is 1. The fourth-order valence-corrected chi connectivity index (χ4v) is 5.77. The van der Waals surface area contributed by atoms with Crippen LogP contribution in [0.4, 0.5) is 5.82 Å². The summed E-state index contributed by atoms with van der Waals surface area (Å²) in [6.07, 6.45) is 9.72. The molecule has 3 aromatic heterocycles. The van der Waals surface area contributed by atoms with Gasteiger partial charge in [0.05, 0.1) is 11.4 Å². The summed E-state index contributed by atoms with van der Waals surface area (Å²) < 4.78 is 3.74. The molecule has 9 nitrogen and oxygen atoms in total. The predicted octanol–water partition coefficient (Wildman–Crippen LogP) is 4.11. The summed E-state index contributed by atoms with van der Waals surface area (Å²) in [7, 11) is 0. The maximum absolute atomic E-state index is 13.4. The van der Waals surface area contributed by atoms with Crippen LogP contribution in [-0.2, 0) is 17.8 Å². The highest BCUT2D eigenvalue weighted by Crippen LogP contribution is 2.36. The normalized spacial score (nSPS) is 15.7. The second kappa shape index (κ2) is 9.55. The smallest absolute Gasteiger partial charge is 0.327 e. The minimum Gasteiger partial charge on any atom is -0.366 e.